The molecule has 0 saturated heterocycles. The normalized spacial score (nSPS) is 10.1. The monoisotopic (exact) mass is 209 g/mol. The van der Waals surface area contributed by atoms with Crippen molar-refractivity contribution in [3.63, 3.8) is 0 Å². The zero-order chi connectivity index (χ0) is 11.1. The summed E-state index contributed by atoms with van der Waals surface area (Å²) in [7, 11) is 1.67. The quantitative estimate of drug-likeness (QED) is 0.697. The Kier molecular flexibility index (Phi) is 4.93. The predicted molar refractivity (Wildman–Crippen MR) is 62.8 cm³/mol. The first kappa shape index (κ1) is 11.8. The molecular weight excluding hydrogens is 190 g/mol. The van der Waals surface area contributed by atoms with Crippen LogP contribution in [0.4, 0.5) is 5.69 Å². The van der Waals surface area contributed by atoms with Gasteiger partial charge in [-0.1, -0.05) is 13.8 Å². The highest BCUT2D eigenvalue weighted by molar-refractivity contribution is 5.47. The van der Waals surface area contributed by atoms with E-state index in [2.05, 4.69) is 24.7 Å². The first-order chi connectivity index (χ1) is 7.31. The number of benzene rings is 1. The lowest BCUT2D eigenvalue weighted by atomic mass is 10.3. The zero-order valence-corrected chi connectivity index (χ0v) is 9.58. The van der Waals surface area contributed by atoms with Crippen LogP contribution in [0.2, 0.25) is 0 Å². The second kappa shape index (κ2) is 6.27. The third-order valence-electron chi connectivity index (χ3n) is 1.96. The van der Waals surface area contributed by atoms with Crippen molar-refractivity contribution >= 4 is 5.69 Å². The molecule has 0 amide bonds. The average Bonchev–Trinajstić information content (AvgIpc) is 2.29. The summed E-state index contributed by atoms with van der Waals surface area (Å²) in [6.45, 7) is 5.87. The minimum atomic E-state index is 0.867. The fraction of sp³-hybridized carbons (Fsp3) is 0.455. The highest BCUT2D eigenvalue weighted by Gasteiger charge is 2.02. The first-order valence-corrected chi connectivity index (χ1v) is 5.23. The summed E-state index contributed by atoms with van der Waals surface area (Å²) in [5.41, 5.74) is 7.51. The maximum Gasteiger partial charge on any atom is 0.119 e. The molecule has 1 aromatic rings. The van der Waals surface area contributed by atoms with E-state index >= 15 is 0 Å². The van der Waals surface area contributed by atoms with Gasteiger partial charge in [0, 0.05) is 13.1 Å². The summed E-state index contributed by atoms with van der Waals surface area (Å²) >= 11 is 0. The van der Waals surface area contributed by atoms with Crippen molar-refractivity contribution in [3.8, 4) is 5.75 Å². The summed E-state index contributed by atoms with van der Waals surface area (Å²) < 4.78 is 5.11. The van der Waals surface area contributed by atoms with Crippen molar-refractivity contribution in [2.24, 2.45) is 0 Å². The Balaban J connectivity index is 2.72. The molecule has 0 bridgehead atoms. The molecule has 1 aromatic carbocycles. The van der Waals surface area contributed by atoms with Gasteiger partial charge in [0.25, 0.3) is 0 Å². The van der Waals surface area contributed by atoms with Crippen LogP contribution in [-0.4, -0.2) is 20.2 Å². The molecule has 15 heavy (non-hydrogen) atoms. The number of rotatable bonds is 6. The van der Waals surface area contributed by atoms with E-state index in [0.717, 1.165) is 24.5 Å². The molecule has 0 aliphatic carbocycles. The van der Waals surface area contributed by atoms with Gasteiger partial charge < -0.3 is 4.74 Å². The molecule has 4 heteroatoms. The molecule has 0 aromatic heterocycles. The van der Waals surface area contributed by atoms with E-state index in [4.69, 9.17) is 4.74 Å². The van der Waals surface area contributed by atoms with Gasteiger partial charge >= 0.3 is 0 Å². The van der Waals surface area contributed by atoms with Crippen molar-refractivity contribution in [1.82, 2.24) is 10.9 Å². The summed E-state index contributed by atoms with van der Waals surface area (Å²) in [4.78, 5) is 0. The van der Waals surface area contributed by atoms with Crippen LogP contribution in [0.5, 0.6) is 5.75 Å². The molecule has 0 atom stereocenters. The van der Waals surface area contributed by atoms with Gasteiger partial charge in [0.2, 0.25) is 0 Å². The molecule has 2 N–H and O–H groups in total. The third-order valence-corrected chi connectivity index (χ3v) is 1.96. The fourth-order valence-electron chi connectivity index (χ4n) is 1.29. The van der Waals surface area contributed by atoms with E-state index in [-0.39, 0.29) is 0 Å². The highest BCUT2D eigenvalue weighted by Crippen LogP contribution is 2.16. The Morgan fingerprint density at radius 1 is 1.07 bits per heavy atom. The van der Waals surface area contributed by atoms with E-state index in [9.17, 15) is 0 Å². The number of methoxy groups -OCH3 is 1. The van der Waals surface area contributed by atoms with Gasteiger partial charge in [-0.25, -0.2) is 16.0 Å². The van der Waals surface area contributed by atoms with Crippen LogP contribution in [0.15, 0.2) is 24.3 Å². The summed E-state index contributed by atoms with van der Waals surface area (Å²) in [5.74, 6) is 0.867. The molecular formula is C11H19N3O. The number of nitrogens with one attached hydrogen (secondary N) is 2. The van der Waals surface area contributed by atoms with Crippen LogP contribution in [-0.2, 0) is 0 Å². The van der Waals surface area contributed by atoms with E-state index in [1.165, 1.54) is 0 Å². The van der Waals surface area contributed by atoms with Crippen LogP contribution in [0.1, 0.15) is 13.8 Å². The van der Waals surface area contributed by atoms with Crippen LogP contribution in [0.25, 0.3) is 0 Å². The fourth-order valence-corrected chi connectivity index (χ4v) is 1.29. The molecule has 0 radical (unpaired) electrons. The van der Waals surface area contributed by atoms with E-state index in [1.54, 1.807) is 7.11 Å². The number of hydrogen-bond acceptors (Lipinski definition) is 4. The number of hydrogen-bond donors (Lipinski definition) is 2. The first-order valence-electron chi connectivity index (χ1n) is 5.23. The maximum atomic E-state index is 5.11. The lowest BCUT2D eigenvalue weighted by molar-refractivity contribution is 0.414. The maximum absolute atomic E-state index is 5.11. The molecule has 0 aliphatic heterocycles. The van der Waals surface area contributed by atoms with Crippen LogP contribution in [0.3, 0.4) is 0 Å². The second-order valence-corrected chi connectivity index (χ2v) is 3.06. The van der Waals surface area contributed by atoms with Crippen molar-refractivity contribution in [1.29, 1.82) is 0 Å². The van der Waals surface area contributed by atoms with Gasteiger partial charge in [-0.05, 0) is 24.3 Å². The molecule has 0 heterocycles. The molecule has 0 saturated carbocycles. The second-order valence-electron chi connectivity index (χ2n) is 3.06. The molecule has 0 fully saturated rings. The smallest absolute Gasteiger partial charge is 0.119 e. The number of anilines is 1. The Bertz CT molecular complexity index is 268. The Labute approximate surface area is 91.2 Å². The van der Waals surface area contributed by atoms with Crippen molar-refractivity contribution in [3.05, 3.63) is 24.3 Å². The zero-order valence-electron chi connectivity index (χ0n) is 9.58. The Hall–Kier alpha value is -1.26. The Morgan fingerprint density at radius 2 is 1.60 bits per heavy atom. The molecule has 1 rings (SSSR count). The minimum Gasteiger partial charge on any atom is -0.497 e. The number of nitrogens with zero attached hydrogens (tertiary/aromatic N) is 1. The van der Waals surface area contributed by atoms with Gasteiger partial charge in [-0.2, -0.15) is 0 Å². The van der Waals surface area contributed by atoms with Gasteiger partial charge in [0.15, 0.2) is 0 Å². The largest absolute Gasteiger partial charge is 0.497 e. The highest BCUT2D eigenvalue weighted by atomic mass is 16.5. The van der Waals surface area contributed by atoms with Gasteiger partial charge in [0.1, 0.15) is 5.75 Å². The minimum absolute atomic E-state index is 0.867. The van der Waals surface area contributed by atoms with E-state index < -0.39 is 0 Å². The van der Waals surface area contributed by atoms with Gasteiger partial charge in [-0.15, -0.1) is 0 Å². The molecule has 0 aliphatic rings. The van der Waals surface area contributed by atoms with E-state index in [1.807, 2.05) is 29.4 Å². The van der Waals surface area contributed by atoms with Gasteiger partial charge in [0.05, 0.1) is 12.8 Å². The molecule has 84 valence electrons. The summed E-state index contributed by atoms with van der Waals surface area (Å²) in [6, 6.07) is 7.89. The van der Waals surface area contributed by atoms with Crippen molar-refractivity contribution in [2.75, 3.05) is 25.3 Å². The Morgan fingerprint density at radius 3 is 2.00 bits per heavy atom. The predicted octanol–water partition coefficient (Wildman–Crippen LogP) is 1.55. The topological polar surface area (TPSA) is 36.5 Å². The lowest BCUT2D eigenvalue weighted by Crippen LogP contribution is -2.48. The van der Waals surface area contributed by atoms with E-state index in [0.29, 0.717) is 0 Å². The van der Waals surface area contributed by atoms with Crippen molar-refractivity contribution in [2.45, 2.75) is 13.8 Å². The average molecular weight is 209 g/mol. The summed E-state index contributed by atoms with van der Waals surface area (Å²) in [5, 5.41) is 1.92. The SMILES string of the molecule is CCNN(NCC)c1ccc(OC)cc1. The molecule has 0 unspecified atom stereocenters. The van der Waals surface area contributed by atoms with Crippen molar-refractivity contribution < 1.29 is 4.74 Å². The number of hydrazine groups is 2. The molecule has 4 nitrogen and oxygen atoms in total. The molecule has 0 spiro atoms. The number of ether oxygens (including phenoxy) is 1. The lowest BCUT2D eigenvalue weighted by Gasteiger charge is -2.24. The summed E-state index contributed by atoms with van der Waals surface area (Å²) in [6.07, 6.45) is 0. The van der Waals surface area contributed by atoms with Crippen LogP contribution in [0, 0.1) is 0 Å². The standard InChI is InChI=1S/C11H19N3O/c1-4-12-14(13-5-2)10-6-8-11(15-3)9-7-10/h6-9,12-13H,4-5H2,1-3H3. The van der Waals surface area contributed by atoms with Crippen LogP contribution < -0.4 is 20.7 Å². The van der Waals surface area contributed by atoms with Gasteiger partial charge in [-0.3, -0.25) is 0 Å². The van der Waals surface area contributed by atoms with Crippen LogP contribution >= 0.6 is 0 Å². The third kappa shape index (κ3) is 3.42.